The Balaban J connectivity index is 1.26. The molecule has 32 heavy (non-hydrogen) atoms. The molecule has 8 heteroatoms. The maximum Gasteiger partial charge on any atom is 0.317 e. The number of piperazine rings is 1. The first kappa shape index (κ1) is 21.5. The largest absolute Gasteiger partial charge is 0.489 e. The lowest BCUT2D eigenvalue weighted by atomic mass is 10.2. The second-order valence-electron chi connectivity index (χ2n) is 7.70. The Morgan fingerprint density at radius 1 is 1.06 bits per heavy atom. The average Bonchev–Trinajstić information content (AvgIpc) is 2.82. The van der Waals surface area contributed by atoms with Crippen LogP contribution in [0.15, 0.2) is 60.9 Å². The summed E-state index contributed by atoms with van der Waals surface area (Å²) in [6.45, 7) is 5.40. The Morgan fingerprint density at radius 2 is 1.84 bits per heavy atom. The SMILES string of the molecule is Cc1cc(CNC(=O)N2CCN(c3cccc(OCc4ccc(F)cc4)c3)CC2)ncn1. The first-order chi connectivity index (χ1) is 15.6. The normalized spacial score (nSPS) is 13.7. The van der Waals surface area contributed by atoms with Crippen LogP contribution in [0.25, 0.3) is 0 Å². The maximum atomic E-state index is 13.0. The first-order valence-corrected chi connectivity index (χ1v) is 10.6. The van der Waals surface area contributed by atoms with Gasteiger partial charge in [0.05, 0.1) is 12.2 Å². The number of benzene rings is 2. The van der Waals surface area contributed by atoms with Crippen molar-refractivity contribution >= 4 is 11.7 Å². The van der Waals surface area contributed by atoms with E-state index in [4.69, 9.17) is 4.74 Å². The molecule has 1 N–H and O–H groups in total. The fourth-order valence-electron chi connectivity index (χ4n) is 3.57. The molecule has 2 aromatic carbocycles. The number of hydrogen-bond acceptors (Lipinski definition) is 5. The van der Waals surface area contributed by atoms with Crippen LogP contribution in [0.1, 0.15) is 17.0 Å². The molecule has 0 aliphatic carbocycles. The zero-order chi connectivity index (χ0) is 22.3. The van der Waals surface area contributed by atoms with Crippen LogP contribution < -0.4 is 15.0 Å². The van der Waals surface area contributed by atoms with Gasteiger partial charge in [-0.05, 0) is 42.8 Å². The molecule has 0 bridgehead atoms. The zero-order valence-electron chi connectivity index (χ0n) is 18.0. The number of aromatic nitrogens is 2. The van der Waals surface area contributed by atoms with Crippen LogP contribution in [0.2, 0.25) is 0 Å². The molecule has 3 aromatic rings. The highest BCUT2D eigenvalue weighted by Crippen LogP contribution is 2.23. The van der Waals surface area contributed by atoms with E-state index in [9.17, 15) is 9.18 Å². The van der Waals surface area contributed by atoms with Gasteiger partial charge in [-0.15, -0.1) is 0 Å². The summed E-state index contributed by atoms with van der Waals surface area (Å²) < 4.78 is 18.9. The fraction of sp³-hybridized carbons (Fsp3) is 0.292. The Hall–Kier alpha value is -3.68. The monoisotopic (exact) mass is 435 g/mol. The summed E-state index contributed by atoms with van der Waals surface area (Å²) in [7, 11) is 0. The second-order valence-corrected chi connectivity index (χ2v) is 7.70. The number of carbonyl (C=O) groups is 1. The minimum Gasteiger partial charge on any atom is -0.489 e. The third-order valence-electron chi connectivity index (χ3n) is 5.35. The van der Waals surface area contributed by atoms with E-state index in [-0.39, 0.29) is 11.8 Å². The number of amides is 2. The Labute approximate surface area is 186 Å². The summed E-state index contributed by atoms with van der Waals surface area (Å²) in [5, 5.41) is 2.93. The van der Waals surface area contributed by atoms with Crippen LogP contribution in [-0.4, -0.2) is 47.1 Å². The van der Waals surface area contributed by atoms with Crippen LogP contribution >= 0.6 is 0 Å². The van der Waals surface area contributed by atoms with Crippen LogP contribution in [0.4, 0.5) is 14.9 Å². The molecule has 2 heterocycles. The molecule has 0 unspecified atom stereocenters. The molecule has 1 fully saturated rings. The van der Waals surface area contributed by atoms with Gasteiger partial charge in [-0.25, -0.2) is 19.2 Å². The van der Waals surface area contributed by atoms with Crippen molar-refractivity contribution in [1.82, 2.24) is 20.2 Å². The third-order valence-corrected chi connectivity index (χ3v) is 5.35. The number of nitrogens with zero attached hydrogens (tertiary/aromatic N) is 4. The molecule has 166 valence electrons. The van der Waals surface area contributed by atoms with Crippen molar-refractivity contribution in [3.8, 4) is 5.75 Å². The van der Waals surface area contributed by atoms with Crippen LogP contribution in [-0.2, 0) is 13.2 Å². The number of carbonyl (C=O) groups excluding carboxylic acids is 1. The van der Waals surface area contributed by atoms with Crippen molar-refractivity contribution in [3.63, 3.8) is 0 Å². The van der Waals surface area contributed by atoms with E-state index in [1.165, 1.54) is 18.5 Å². The molecule has 1 saturated heterocycles. The van der Waals surface area contributed by atoms with Gasteiger partial charge < -0.3 is 19.9 Å². The van der Waals surface area contributed by atoms with E-state index in [1.54, 1.807) is 12.1 Å². The maximum absolute atomic E-state index is 13.0. The number of rotatable bonds is 6. The van der Waals surface area contributed by atoms with Crippen molar-refractivity contribution in [2.45, 2.75) is 20.1 Å². The lowest BCUT2D eigenvalue weighted by molar-refractivity contribution is 0.193. The van der Waals surface area contributed by atoms with E-state index < -0.39 is 0 Å². The Kier molecular flexibility index (Phi) is 6.79. The van der Waals surface area contributed by atoms with Gasteiger partial charge in [0.15, 0.2) is 0 Å². The van der Waals surface area contributed by atoms with Crippen molar-refractivity contribution in [2.24, 2.45) is 0 Å². The van der Waals surface area contributed by atoms with E-state index in [2.05, 4.69) is 20.2 Å². The topological polar surface area (TPSA) is 70.6 Å². The van der Waals surface area contributed by atoms with E-state index >= 15 is 0 Å². The lowest BCUT2D eigenvalue weighted by Crippen LogP contribution is -2.51. The van der Waals surface area contributed by atoms with Crippen LogP contribution in [0.3, 0.4) is 0 Å². The minimum atomic E-state index is -0.257. The van der Waals surface area contributed by atoms with Crippen LogP contribution in [0, 0.1) is 12.7 Å². The van der Waals surface area contributed by atoms with Gasteiger partial charge in [-0.3, -0.25) is 0 Å². The molecule has 1 aliphatic rings. The summed E-state index contributed by atoms with van der Waals surface area (Å²) in [6.07, 6.45) is 1.51. The summed E-state index contributed by atoms with van der Waals surface area (Å²) in [4.78, 5) is 24.8. The van der Waals surface area contributed by atoms with Crippen molar-refractivity contribution in [2.75, 3.05) is 31.1 Å². The standard InChI is InChI=1S/C24H26FN5O2/c1-18-13-21(28-17-27-18)15-26-24(31)30-11-9-29(10-12-30)22-3-2-4-23(14-22)32-16-19-5-7-20(25)8-6-19/h2-8,13-14,17H,9-12,15-16H2,1H3,(H,26,31). The minimum absolute atomic E-state index is 0.0858. The van der Waals surface area contributed by atoms with E-state index in [0.717, 1.165) is 41.5 Å². The zero-order valence-corrected chi connectivity index (χ0v) is 18.0. The van der Waals surface area contributed by atoms with Crippen molar-refractivity contribution in [3.05, 3.63) is 83.7 Å². The van der Waals surface area contributed by atoms with Gasteiger partial charge in [0.1, 0.15) is 24.5 Å². The van der Waals surface area contributed by atoms with E-state index in [0.29, 0.717) is 26.2 Å². The molecule has 1 aromatic heterocycles. The Bertz CT molecular complexity index is 1050. The summed E-state index contributed by atoms with van der Waals surface area (Å²) in [6, 6.07) is 16.0. The highest BCUT2D eigenvalue weighted by atomic mass is 19.1. The number of hydrogen-bond donors (Lipinski definition) is 1. The predicted molar refractivity (Wildman–Crippen MR) is 120 cm³/mol. The molecule has 0 saturated carbocycles. The number of aryl methyl sites for hydroxylation is 1. The third kappa shape index (κ3) is 5.72. The summed E-state index contributed by atoms with van der Waals surface area (Å²) >= 11 is 0. The van der Waals surface area contributed by atoms with E-state index in [1.807, 2.05) is 42.2 Å². The molecule has 0 atom stereocenters. The van der Waals surface area contributed by atoms with Crippen LogP contribution in [0.5, 0.6) is 5.75 Å². The molecule has 7 nitrogen and oxygen atoms in total. The second kappa shape index (κ2) is 10.1. The van der Waals surface area contributed by atoms with Gasteiger partial charge >= 0.3 is 6.03 Å². The smallest absolute Gasteiger partial charge is 0.317 e. The summed E-state index contributed by atoms with van der Waals surface area (Å²) in [5.41, 5.74) is 3.63. The predicted octanol–water partition coefficient (Wildman–Crippen LogP) is 3.53. The molecule has 0 spiro atoms. The quantitative estimate of drug-likeness (QED) is 0.641. The number of nitrogens with one attached hydrogen (secondary N) is 1. The highest BCUT2D eigenvalue weighted by molar-refractivity contribution is 5.74. The fourth-order valence-corrected chi connectivity index (χ4v) is 3.57. The molecule has 0 radical (unpaired) electrons. The molecular formula is C24H26FN5O2. The van der Waals surface area contributed by atoms with Gasteiger partial charge in [0, 0.05) is 43.6 Å². The first-order valence-electron chi connectivity index (χ1n) is 10.6. The van der Waals surface area contributed by atoms with Gasteiger partial charge in [-0.2, -0.15) is 0 Å². The number of anilines is 1. The number of halogens is 1. The molecular weight excluding hydrogens is 409 g/mol. The number of urea groups is 1. The Morgan fingerprint density at radius 3 is 2.59 bits per heavy atom. The van der Waals surface area contributed by atoms with Gasteiger partial charge in [-0.1, -0.05) is 18.2 Å². The van der Waals surface area contributed by atoms with Crippen molar-refractivity contribution < 1.29 is 13.9 Å². The lowest BCUT2D eigenvalue weighted by Gasteiger charge is -2.36. The summed E-state index contributed by atoms with van der Waals surface area (Å²) in [5.74, 6) is 0.500. The van der Waals surface area contributed by atoms with Gasteiger partial charge in [0.25, 0.3) is 0 Å². The van der Waals surface area contributed by atoms with Crippen molar-refractivity contribution in [1.29, 1.82) is 0 Å². The number of ether oxygens (including phenoxy) is 1. The molecule has 1 aliphatic heterocycles. The molecule has 2 amide bonds. The molecule has 4 rings (SSSR count). The van der Waals surface area contributed by atoms with Gasteiger partial charge in [0.2, 0.25) is 0 Å². The average molecular weight is 436 g/mol. The highest BCUT2D eigenvalue weighted by Gasteiger charge is 2.21.